The largest absolute Gasteiger partial charge is 0.339 e. The van der Waals surface area contributed by atoms with Gasteiger partial charge in [-0.15, -0.1) is 0 Å². The van der Waals surface area contributed by atoms with Crippen molar-refractivity contribution >= 4 is 5.91 Å². The van der Waals surface area contributed by atoms with E-state index in [0.717, 1.165) is 18.5 Å². The van der Waals surface area contributed by atoms with Crippen LogP contribution in [0.4, 0.5) is 0 Å². The van der Waals surface area contributed by atoms with Crippen LogP contribution >= 0.6 is 0 Å². The van der Waals surface area contributed by atoms with Gasteiger partial charge < -0.3 is 9.42 Å². The van der Waals surface area contributed by atoms with Gasteiger partial charge in [-0.2, -0.15) is 4.98 Å². The van der Waals surface area contributed by atoms with Crippen LogP contribution in [0.1, 0.15) is 50.8 Å². The zero-order valence-corrected chi connectivity index (χ0v) is 14.4. The molecule has 6 nitrogen and oxygen atoms in total. The molecule has 0 bridgehead atoms. The van der Waals surface area contributed by atoms with E-state index in [-0.39, 0.29) is 5.91 Å². The Labute approximate surface area is 147 Å². The summed E-state index contributed by atoms with van der Waals surface area (Å²) in [7, 11) is 0. The molecule has 3 heterocycles. The van der Waals surface area contributed by atoms with Crippen LogP contribution in [0.5, 0.6) is 0 Å². The predicted octanol–water partition coefficient (Wildman–Crippen LogP) is 3.25. The SMILES string of the molecule is O=C(CCc1nc(-c2cccnc2)no1)N1CCC[C@@H]2CCCC[C@@H]21. The Morgan fingerprint density at radius 3 is 3.00 bits per heavy atom. The maximum absolute atomic E-state index is 12.7. The number of likely N-dealkylation sites (tertiary alicyclic amines) is 1. The average molecular weight is 340 g/mol. The number of aryl methyl sites for hydroxylation is 1. The molecule has 2 aliphatic rings. The number of carbonyl (C=O) groups excluding carboxylic acids is 1. The van der Waals surface area contributed by atoms with Gasteiger partial charge in [0.15, 0.2) is 0 Å². The lowest BCUT2D eigenvalue weighted by Crippen LogP contribution is -2.49. The fourth-order valence-electron chi connectivity index (χ4n) is 4.26. The molecule has 2 aromatic rings. The highest BCUT2D eigenvalue weighted by atomic mass is 16.5. The van der Waals surface area contributed by atoms with Crippen LogP contribution in [0.2, 0.25) is 0 Å². The summed E-state index contributed by atoms with van der Waals surface area (Å²) in [6.45, 7) is 0.908. The van der Waals surface area contributed by atoms with Crippen LogP contribution < -0.4 is 0 Å². The number of hydrogen-bond donors (Lipinski definition) is 0. The topological polar surface area (TPSA) is 72.1 Å². The average Bonchev–Trinajstić information content (AvgIpc) is 3.15. The van der Waals surface area contributed by atoms with Crippen molar-refractivity contribution in [1.29, 1.82) is 0 Å². The number of pyridine rings is 1. The first-order valence-electron chi connectivity index (χ1n) is 9.34. The fourth-order valence-corrected chi connectivity index (χ4v) is 4.26. The zero-order chi connectivity index (χ0) is 17.1. The van der Waals surface area contributed by atoms with Crippen molar-refractivity contribution in [1.82, 2.24) is 20.0 Å². The molecular formula is C19H24N4O2. The van der Waals surface area contributed by atoms with Gasteiger partial charge >= 0.3 is 0 Å². The number of piperidine rings is 1. The van der Waals surface area contributed by atoms with E-state index in [0.29, 0.717) is 36.5 Å². The Hall–Kier alpha value is -2.24. The third-order valence-corrected chi connectivity index (χ3v) is 5.50. The van der Waals surface area contributed by atoms with Gasteiger partial charge in [-0.05, 0) is 43.7 Å². The second-order valence-electron chi connectivity index (χ2n) is 7.09. The van der Waals surface area contributed by atoms with E-state index >= 15 is 0 Å². The highest BCUT2D eigenvalue weighted by Crippen LogP contribution is 2.35. The minimum Gasteiger partial charge on any atom is -0.339 e. The van der Waals surface area contributed by atoms with Crippen molar-refractivity contribution in [2.24, 2.45) is 5.92 Å². The second-order valence-corrected chi connectivity index (χ2v) is 7.09. The molecule has 1 saturated carbocycles. The van der Waals surface area contributed by atoms with E-state index in [2.05, 4.69) is 20.0 Å². The van der Waals surface area contributed by atoms with Gasteiger partial charge in [-0.25, -0.2) is 0 Å². The number of rotatable bonds is 4. The molecule has 132 valence electrons. The summed E-state index contributed by atoms with van der Waals surface area (Å²) in [5, 5.41) is 3.99. The molecule has 6 heteroatoms. The lowest BCUT2D eigenvalue weighted by Gasteiger charge is -2.44. The van der Waals surface area contributed by atoms with Crippen LogP contribution in [-0.4, -0.2) is 38.5 Å². The first-order valence-corrected chi connectivity index (χ1v) is 9.34. The summed E-state index contributed by atoms with van der Waals surface area (Å²) in [5.41, 5.74) is 0.824. The quantitative estimate of drug-likeness (QED) is 0.854. The van der Waals surface area contributed by atoms with Gasteiger partial charge in [-0.1, -0.05) is 18.0 Å². The fraction of sp³-hybridized carbons (Fsp3) is 0.579. The van der Waals surface area contributed by atoms with Crippen molar-refractivity contribution < 1.29 is 9.32 Å². The summed E-state index contributed by atoms with van der Waals surface area (Å²) >= 11 is 0. The smallest absolute Gasteiger partial charge is 0.227 e. The van der Waals surface area contributed by atoms with E-state index < -0.39 is 0 Å². The Morgan fingerprint density at radius 1 is 1.24 bits per heavy atom. The van der Waals surface area contributed by atoms with Crippen molar-refractivity contribution in [3.8, 4) is 11.4 Å². The van der Waals surface area contributed by atoms with Gasteiger partial charge in [-0.3, -0.25) is 9.78 Å². The van der Waals surface area contributed by atoms with Gasteiger partial charge in [0.25, 0.3) is 0 Å². The standard InChI is InChI=1S/C19H24N4O2/c24-18(23-12-4-7-14-5-1-2-8-16(14)23)10-9-17-21-19(22-25-17)15-6-3-11-20-13-15/h3,6,11,13-14,16H,1-2,4-5,7-10,12H2/t14-,16-/m0/s1. The number of amides is 1. The Balaban J connectivity index is 1.36. The monoisotopic (exact) mass is 340 g/mol. The summed E-state index contributed by atoms with van der Waals surface area (Å²) in [4.78, 5) is 23.3. The Morgan fingerprint density at radius 2 is 2.12 bits per heavy atom. The van der Waals surface area contributed by atoms with E-state index in [9.17, 15) is 4.79 Å². The number of nitrogens with zero attached hydrogens (tertiary/aromatic N) is 4. The lowest BCUT2D eigenvalue weighted by atomic mass is 9.78. The highest BCUT2D eigenvalue weighted by Gasteiger charge is 2.35. The molecule has 0 aromatic carbocycles. The van der Waals surface area contributed by atoms with Crippen molar-refractivity contribution in [2.75, 3.05) is 6.54 Å². The van der Waals surface area contributed by atoms with E-state index in [1.165, 1.54) is 32.1 Å². The molecule has 2 atom stereocenters. The third kappa shape index (κ3) is 3.57. The van der Waals surface area contributed by atoms with Crippen LogP contribution in [0, 0.1) is 5.92 Å². The molecule has 0 radical (unpaired) electrons. The van der Waals surface area contributed by atoms with Gasteiger partial charge in [0, 0.05) is 43.4 Å². The maximum atomic E-state index is 12.7. The maximum Gasteiger partial charge on any atom is 0.227 e. The van der Waals surface area contributed by atoms with Crippen LogP contribution in [-0.2, 0) is 11.2 Å². The molecule has 1 saturated heterocycles. The lowest BCUT2D eigenvalue weighted by molar-refractivity contribution is -0.137. The highest BCUT2D eigenvalue weighted by molar-refractivity contribution is 5.76. The molecule has 2 fully saturated rings. The molecule has 2 aromatic heterocycles. The molecule has 4 rings (SSSR count). The van der Waals surface area contributed by atoms with E-state index in [4.69, 9.17) is 4.52 Å². The zero-order valence-electron chi connectivity index (χ0n) is 14.4. The molecular weight excluding hydrogens is 316 g/mol. The second kappa shape index (κ2) is 7.33. The van der Waals surface area contributed by atoms with Crippen molar-refractivity contribution in [2.45, 2.75) is 57.4 Å². The number of aromatic nitrogens is 3. The molecule has 1 amide bonds. The number of carbonyl (C=O) groups is 1. The number of fused-ring (bicyclic) bond motifs is 1. The molecule has 0 N–H and O–H groups in total. The Kier molecular flexibility index (Phi) is 4.76. The van der Waals surface area contributed by atoms with Crippen molar-refractivity contribution in [3.63, 3.8) is 0 Å². The summed E-state index contributed by atoms with van der Waals surface area (Å²) in [6, 6.07) is 4.19. The number of hydrogen-bond acceptors (Lipinski definition) is 5. The summed E-state index contributed by atoms with van der Waals surface area (Å²) < 4.78 is 5.30. The first-order chi connectivity index (χ1) is 12.3. The van der Waals surface area contributed by atoms with E-state index in [1.54, 1.807) is 12.4 Å². The molecule has 1 aliphatic carbocycles. The van der Waals surface area contributed by atoms with Crippen LogP contribution in [0.15, 0.2) is 29.0 Å². The van der Waals surface area contributed by atoms with Gasteiger partial charge in [0.1, 0.15) is 0 Å². The molecule has 0 unspecified atom stereocenters. The molecule has 1 aliphatic heterocycles. The minimum absolute atomic E-state index is 0.234. The summed E-state index contributed by atoms with van der Waals surface area (Å²) in [5.74, 6) is 2.00. The van der Waals surface area contributed by atoms with Crippen molar-refractivity contribution in [3.05, 3.63) is 30.4 Å². The molecule has 25 heavy (non-hydrogen) atoms. The minimum atomic E-state index is 0.234. The molecule has 0 spiro atoms. The normalized spacial score (nSPS) is 23.3. The van der Waals surface area contributed by atoms with Gasteiger partial charge in [0.05, 0.1) is 0 Å². The predicted molar refractivity (Wildman–Crippen MR) is 92.5 cm³/mol. The van der Waals surface area contributed by atoms with Crippen LogP contribution in [0.25, 0.3) is 11.4 Å². The third-order valence-electron chi connectivity index (χ3n) is 5.50. The van der Waals surface area contributed by atoms with Crippen LogP contribution in [0.3, 0.4) is 0 Å². The van der Waals surface area contributed by atoms with Gasteiger partial charge in [0.2, 0.25) is 17.6 Å². The first kappa shape index (κ1) is 16.2. The van der Waals surface area contributed by atoms with E-state index in [1.807, 2.05) is 12.1 Å². The Bertz CT molecular complexity index is 713. The summed E-state index contributed by atoms with van der Waals surface area (Å²) in [6.07, 6.45) is 11.8.